The van der Waals surface area contributed by atoms with Crippen molar-refractivity contribution in [2.24, 2.45) is 5.92 Å². The fourth-order valence-electron chi connectivity index (χ4n) is 5.35. The van der Waals surface area contributed by atoms with Gasteiger partial charge in [0.2, 0.25) is 5.91 Å². The minimum absolute atomic E-state index is 0.0872. The lowest BCUT2D eigenvalue weighted by atomic mass is 9.83. The van der Waals surface area contributed by atoms with Crippen molar-refractivity contribution in [2.45, 2.75) is 63.1 Å². The third-order valence-corrected chi connectivity index (χ3v) is 8.11. The second-order valence-electron chi connectivity index (χ2n) is 8.83. The molecule has 2 aliphatic heterocycles. The lowest BCUT2D eigenvalue weighted by Crippen LogP contribution is -2.54. The second-order valence-corrected chi connectivity index (χ2v) is 9.92. The Morgan fingerprint density at radius 2 is 1.87 bits per heavy atom. The van der Waals surface area contributed by atoms with Gasteiger partial charge in [-0.3, -0.25) is 14.6 Å². The molecule has 2 amide bonds. The Balaban J connectivity index is 1.34. The van der Waals surface area contributed by atoms with E-state index in [0.29, 0.717) is 4.88 Å². The number of rotatable bonds is 5. The van der Waals surface area contributed by atoms with Crippen molar-refractivity contribution >= 4 is 23.2 Å². The first-order valence-electron chi connectivity index (χ1n) is 11.4. The van der Waals surface area contributed by atoms with Gasteiger partial charge in [0.15, 0.2) is 0 Å². The van der Waals surface area contributed by atoms with Crippen molar-refractivity contribution in [3.8, 4) is 10.4 Å². The van der Waals surface area contributed by atoms with E-state index >= 15 is 0 Å². The molecule has 2 saturated heterocycles. The van der Waals surface area contributed by atoms with Crippen LogP contribution < -0.4 is 5.32 Å². The second kappa shape index (κ2) is 9.09. The topological polar surface area (TPSA) is 71.5 Å². The standard InChI is InChI=1S/C24H29N3O3S/c28-23(21-7-6-20(31-21)16-8-12-25-13-9-16)26-22(17-4-2-1-3-5-17)24(29)27-14-10-19-18(27)11-15-30-19/h6-9,12-13,17-19,22H,1-5,10-11,14-15H2,(H,26,28)/t18?,19?,22-/m0/s1. The maximum atomic E-state index is 13.6. The summed E-state index contributed by atoms with van der Waals surface area (Å²) in [6, 6.07) is 7.43. The normalized spacial score (nSPS) is 24.7. The van der Waals surface area contributed by atoms with Gasteiger partial charge in [-0.15, -0.1) is 11.3 Å². The number of hydrogen-bond acceptors (Lipinski definition) is 5. The number of amides is 2. The average Bonchev–Trinajstić information content (AvgIpc) is 3.55. The summed E-state index contributed by atoms with van der Waals surface area (Å²) < 4.78 is 5.79. The molecule has 3 fully saturated rings. The largest absolute Gasteiger partial charge is 0.376 e. The summed E-state index contributed by atoms with van der Waals surface area (Å²) in [6.07, 6.45) is 11.0. The SMILES string of the molecule is O=C(N[C@H](C(=O)N1CCC2OCCC21)C1CCCCC1)c1ccc(-c2ccncc2)s1. The molecule has 6 nitrogen and oxygen atoms in total. The lowest BCUT2D eigenvalue weighted by Gasteiger charge is -2.34. The van der Waals surface area contributed by atoms with Gasteiger partial charge >= 0.3 is 0 Å². The molecule has 1 saturated carbocycles. The molecule has 164 valence electrons. The van der Waals surface area contributed by atoms with Crippen LogP contribution in [0, 0.1) is 5.92 Å². The van der Waals surface area contributed by atoms with Gasteiger partial charge in [0.05, 0.1) is 17.0 Å². The molecule has 2 aromatic heterocycles. The minimum Gasteiger partial charge on any atom is -0.376 e. The number of likely N-dealkylation sites (tertiary alicyclic amines) is 1. The van der Waals surface area contributed by atoms with Crippen LogP contribution in [0.3, 0.4) is 0 Å². The van der Waals surface area contributed by atoms with Crippen LogP contribution in [0.1, 0.15) is 54.6 Å². The molecule has 2 unspecified atom stereocenters. The third kappa shape index (κ3) is 4.26. The molecule has 31 heavy (non-hydrogen) atoms. The van der Waals surface area contributed by atoms with Crippen LogP contribution in [0.5, 0.6) is 0 Å². The van der Waals surface area contributed by atoms with E-state index in [4.69, 9.17) is 4.74 Å². The van der Waals surface area contributed by atoms with Gasteiger partial charge in [0.25, 0.3) is 5.91 Å². The van der Waals surface area contributed by atoms with Crippen LogP contribution in [0.4, 0.5) is 0 Å². The predicted molar refractivity (Wildman–Crippen MR) is 120 cm³/mol. The monoisotopic (exact) mass is 439 g/mol. The Bertz CT molecular complexity index is 925. The van der Waals surface area contributed by atoms with Gasteiger partial charge in [-0.25, -0.2) is 0 Å². The number of nitrogens with zero attached hydrogens (tertiary/aromatic N) is 2. The Labute approximate surface area is 187 Å². The molecule has 3 atom stereocenters. The summed E-state index contributed by atoms with van der Waals surface area (Å²) in [5.41, 5.74) is 1.04. The third-order valence-electron chi connectivity index (χ3n) is 6.98. The zero-order valence-corrected chi connectivity index (χ0v) is 18.5. The zero-order chi connectivity index (χ0) is 21.2. The molecule has 7 heteroatoms. The molecule has 3 aliphatic rings. The number of ether oxygens (including phenoxy) is 1. The molecule has 1 aliphatic carbocycles. The molecule has 0 aromatic carbocycles. The molecule has 1 N–H and O–H groups in total. The molecule has 0 spiro atoms. The highest BCUT2D eigenvalue weighted by Gasteiger charge is 2.44. The summed E-state index contributed by atoms with van der Waals surface area (Å²) in [6.45, 7) is 1.46. The fraction of sp³-hybridized carbons (Fsp3) is 0.542. The van der Waals surface area contributed by atoms with Crippen molar-refractivity contribution in [3.05, 3.63) is 41.5 Å². The van der Waals surface area contributed by atoms with Gasteiger partial charge < -0.3 is 15.0 Å². The van der Waals surface area contributed by atoms with Gasteiger partial charge in [0, 0.05) is 30.4 Å². The number of pyridine rings is 1. The van der Waals surface area contributed by atoms with Crippen LogP contribution in [-0.4, -0.2) is 53.0 Å². The van der Waals surface area contributed by atoms with Gasteiger partial charge in [-0.1, -0.05) is 19.3 Å². The maximum Gasteiger partial charge on any atom is 0.262 e. The molecule has 4 heterocycles. The number of hydrogen-bond donors (Lipinski definition) is 1. The van der Waals surface area contributed by atoms with Crippen LogP contribution in [-0.2, 0) is 9.53 Å². The van der Waals surface area contributed by atoms with E-state index in [9.17, 15) is 9.59 Å². The van der Waals surface area contributed by atoms with Gasteiger partial charge in [-0.05, 0) is 61.4 Å². The highest BCUT2D eigenvalue weighted by Crippen LogP contribution is 2.33. The Kier molecular flexibility index (Phi) is 6.05. The summed E-state index contributed by atoms with van der Waals surface area (Å²) >= 11 is 1.46. The fourth-order valence-corrected chi connectivity index (χ4v) is 6.26. The van der Waals surface area contributed by atoms with E-state index in [1.807, 2.05) is 29.2 Å². The van der Waals surface area contributed by atoms with Gasteiger partial charge in [-0.2, -0.15) is 0 Å². The van der Waals surface area contributed by atoms with E-state index in [1.165, 1.54) is 17.8 Å². The highest BCUT2D eigenvalue weighted by molar-refractivity contribution is 7.17. The number of carbonyl (C=O) groups excluding carboxylic acids is 2. The number of aromatic nitrogens is 1. The summed E-state index contributed by atoms with van der Waals surface area (Å²) in [7, 11) is 0. The number of nitrogens with one attached hydrogen (secondary N) is 1. The molecular weight excluding hydrogens is 410 g/mol. The Hall–Kier alpha value is -2.25. The van der Waals surface area contributed by atoms with Crippen molar-refractivity contribution in [3.63, 3.8) is 0 Å². The van der Waals surface area contributed by atoms with Crippen LogP contribution in [0.2, 0.25) is 0 Å². The summed E-state index contributed by atoms with van der Waals surface area (Å²) in [5.74, 6) is 0.156. The average molecular weight is 440 g/mol. The maximum absolute atomic E-state index is 13.6. The quantitative estimate of drug-likeness (QED) is 0.768. The molecule has 5 rings (SSSR count). The molecule has 2 aromatic rings. The zero-order valence-electron chi connectivity index (χ0n) is 17.7. The highest BCUT2D eigenvalue weighted by atomic mass is 32.1. The summed E-state index contributed by atoms with van der Waals surface area (Å²) in [4.78, 5) is 34.5. The molecule has 0 bridgehead atoms. The van der Waals surface area contributed by atoms with E-state index in [2.05, 4.69) is 10.3 Å². The van der Waals surface area contributed by atoms with Crippen molar-refractivity contribution in [1.82, 2.24) is 15.2 Å². The van der Waals surface area contributed by atoms with E-state index in [1.54, 1.807) is 12.4 Å². The van der Waals surface area contributed by atoms with E-state index < -0.39 is 6.04 Å². The summed E-state index contributed by atoms with van der Waals surface area (Å²) in [5, 5.41) is 3.15. The van der Waals surface area contributed by atoms with Crippen molar-refractivity contribution in [1.29, 1.82) is 0 Å². The van der Waals surface area contributed by atoms with E-state index in [0.717, 1.165) is 62.1 Å². The van der Waals surface area contributed by atoms with Crippen LogP contribution in [0.25, 0.3) is 10.4 Å². The Morgan fingerprint density at radius 3 is 2.68 bits per heavy atom. The molecular formula is C24H29N3O3S. The Morgan fingerprint density at radius 1 is 1.06 bits per heavy atom. The number of thiophene rings is 1. The smallest absolute Gasteiger partial charge is 0.262 e. The van der Waals surface area contributed by atoms with Crippen LogP contribution in [0.15, 0.2) is 36.7 Å². The van der Waals surface area contributed by atoms with Crippen molar-refractivity contribution < 1.29 is 14.3 Å². The number of carbonyl (C=O) groups is 2. The van der Waals surface area contributed by atoms with Gasteiger partial charge in [0.1, 0.15) is 6.04 Å². The minimum atomic E-state index is -0.446. The van der Waals surface area contributed by atoms with E-state index in [-0.39, 0.29) is 29.9 Å². The first-order valence-corrected chi connectivity index (χ1v) is 12.3. The number of fused-ring (bicyclic) bond motifs is 1. The first-order chi connectivity index (χ1) is 15.2. The van der Waals surface area contributed by atoms with Crippen LogP contribution >= 0.6 is 11.3 Å². The molecule has 0 radical (unpaired) electrons. The first kappa shape index (κ1) is 20.6. The van der Waals surface area contributed by atoms with Crippen molar-refractivity contribution in [2.75, 3.05) is 13.2 Å². The lowest BCUT2D eigenvalue weighted by molar-refractivity contribution is -0.136. The predicted octanol–water partition coefficient (Wildman–Crippen LogP) is 3.88.